The van der Waals surface area contributed by atoms with E-state index in [0.717, 1.165) is 36.3 Å². The molecular weight excluding hydrogens is 206 g/mol. The molecule has 0 amide bonds. The molecule has 1 aromatic carbocycles. The van der Waals surface area contributed by atoms with Crippen molar-refractivity contribution in [1.82, 2.24) is 0 Å². The van der Waals surface area contributed by atoms with Crippen LogP contribution in [0.2, 0.25) is 0 Å². The van der Waals surface area contributed by atoms with Gasteiger partial charge in [-0.05, 0) is 25.0 Å². The van der Waals surface area contributed by atoms with Gasteiger partial charge >= 0.3 is 0 Å². The maximum atomic E-state index is 9.94. The largest absolute Gasteiger partial charge is 0.496 e. The number of benzene rings is 1. The van der Waals surface area contributed by atoms with E-state index in [2.05, 4.69) is 0 Å². The van der Waals surface area contributed by atoms with Crippen molar-refractivity contribution in [2.75, 3.05) is 20.3 Å². The van der Waals surface area contributed by atoms with E-state index in [1.807, 2.05) is 12.1 Å². The molecule has 1 aliphatic heterocycles. The predicted octanol–water partition coefficient (Wildman–Crippen LogP) is 1.01. The lowest BCUT2D eigenvalue weighted by molar-refractivity contribution is 0.178. The summed E-state index contributed by atoms with van der Waals surface area (Å²) >= 11 is 0. The molecule has 0 aliphatic carbocycles. The van der Waals surface area contributed by atoms with Crippen molar-refractivity contribution in [3.8, 4) is 11.5 Å². The van der Waals surface area contributed by atoms with Gasteiger partial charge in [0.25, 0.3) is 0 Å². The fraction of sp³-hybridized carbons (Fsp3) is 0.500. The van der Waals surface area contributed by atoms with Crippen LogP contribution in [-0.2, 0) is 6.42 Å². The first kappa shape index (κ1) is 11.2. The summed E-state index contributed by atoms with van der Waals surface area (Å²) in [6, 6.07) is 3.71. The molecule has 4 heteroatoms. The molecule has 88 valence electrons. The Morgan fingerprint density at radius 1 is 1.56 bits per heavy atom. The molecule has 0 fully saturated rings. The number of hydrogen-bond acceptors (Lipinski definition) is 4. The van der Waals surface area contributed by atoms with E-state index >= 15 is 0 Å². The molecule has 1 aliphatic rings. The van der Waals surface area contributed by atoms with Gasteiger partial charge in [-0.15, -0.1) is 0 Å². The summed E-state index contributed by atoms with van der Waals surface area (Å²) in [6.45, 7) is 0.921. The van der Waals surface area contributed by atoms with Crippen LogP contribution in [0.3, 0.4) is 0 Å². The van der Waals surface area contributed by atoms with E-state index in [1.165, 1.54) is 0 Å². The average Bonchev–Trinajstić information content (AvgIpc) is 2.36. The number of rotatable bonds is 3. The fourth-order valence-corrected chi connectivity index (χ4v) is 2.11. The standard InChI is InChI=1S/C12H17NO3/c1-15-11-5-4-10-8(3-2-6-16-10)12(11)9(14)7-13/h4-5,9,14H,2-3,6-7,13H2,1H3. The van der Waals surface area contributed by atoms with Crippen LogP contribution in [0.15, 0.2) is 12.1 Å². The second-order valence-corrected chi connectivity index (χ2v) is 3.86. The maximum absolute atomic E-state index is 9.94. The Labute approximate surface area is 95.0 Å². The topological polar surface area (TPSA) is 64.7 Å². The number of ether oxygens (including phenoxy) is 2. The van der Waals surface area contributed by atoms with Gasteiger partial charge in [-0.3, -0.25) is 0 Å². The predicted molar refractivity (Wildman–Crippen MR) is 60.8 cm³/mol. The lowest BCUT2D eigenvalue weighted by atomic mass is 9.95. The molecule has 0 saturated carbocycles. The molecule has 1 heterocycles. The van der Waals surface area contributed by atoms with Crippen LogP contribution in [0, 0.1) is 0 Å². The summed E-state index contributed by atoms with van der Waals surface area (Å²) in [4.78, 5) is 0. The van der Waals surface area contributed by atoms with E-state index in [9.17, 15) is 5.11 Å². The minimum atomic E-state index is -0.688. The zero-order valence-electron chi connectivity index (χ0n) is 9.40. The SMILES string of the molecule is COc1ccc2c(c1C(O)CN)CCCO2. The van der Waals surface area contributed by atoms with Crippen molar-refractivity contribution in [2.45, 2.75) is 18.9 Å². The lowest BCUT2D eigenvalue weighted by Crippen LogP contribution is -2.18. The quantitative estimate of drug-likeness (QED) is 0.802. The van der Waals surface area contributed by atoms with Crippen LogP contribution >= 0.6 is 0 Å². The van der Waals surface area contributed by atoms with Crippen LogP contribution in [-0.4, -0.2) is 25.4 Å². The third-order valence-corrected chi connectivity index (χ3v) is 2.88. The second-order valence-electron chi connectivity index (χ2n) is 3.86. The van der Waals surface area contributed by atoms with Crippen molar-refractivity contribution in [2.24, 2.45) is 5.73 Å². The van der Waals surface area contributed by atoms with Crippen molar-refractivity contribution < 1.29 is 14.6 Å². The molecule has 1 aromatic rings. The van der Waals surface area contributed by atoms with Gasteiger partial charge < -0.3 is 20.3 Å². The molecule has 2 rings (SSSR count). The van der Waals surface area contributed by atoms with Crippen LogP contribution < -0.4 is 15.2 Å². The van der Waals surface area contributed by atoms with Gasteiger partial charge in [-0.1, -0.05) is 0 Å². The molecular formula is C12H17NO3. The lowest BCUT2D eigenvalue weighted by Gasteiger charge is -2.24. The zero-order valence-corrected chi connectivity index (χ0v) is 9.40. The summed E-state index contributed by atoms with van der Waals surface area (Å²) in [5, 5.41) is 9.94. The van der Waals surface area contributed by atoms with Crippen LogP contribution in [0.5, 0.6) is 11.5 Å². The van der Waals surface area contributed by atoms with E-state index in [4.69, 9.17) is 15.2 Å². The normalized spacial score (nSPS) is 16.2. The van der Waals surface area contributed by atoms with Crippen molar-refractivity contribution >= 4 is 0 Å². The minimum absolute atomic E-state index is 0.187. The molecule has 0 aromatic heterocycles. The van der Waals surface area contributed by atoms with Gasteiger partial charge in [0.1, 0.15) is 11.5 Å². The molecule has 1 atom stereocenters. The van der Waals surface area contributed by atoms with Gasteiger partial charge in [0.05, 0.1) is 19.8 Å². The van der Waals surface area contributed by atoms with E-state index in [0.29, 0.717) is 5.75 Å². The highest BCUT2D eigenvalue weighted by molar-refractivity contribution is 5.50. The van der Waals surface area contributed by atoms with Gasteiger partial charge in [-0.2, -0.15) is 0 Å². The van der Waals surface area contributed by atoms with E-state index < -0.39 is 6.10 Å². The maximum Gasteiger partial charge on any atom is 0.125 e. The van der Waals surface area contributed by atoms with Crippen molar-refractivity contribution in [1.29, 1.82) is 0 Å². The van der Waals surface area contributed by atoms with E-state index in [1.54, 1.807) is 7.11 Å². The Hall–Kier alpha value is -1.26. The second kappa shape index (κ2) is 4.72. The van der Waals surface area contributed by atoms with Crippen LogP contribution in [0.4, 0.5) is 0 Å². The van der Waals surface area contributed by atoms with Gasteiger partial charge in [0.2, 0.25) is 0 Å². The number of hydrogen-bond donors (Lipinski definition) is 2. The molecule has 16 heavy (non-hydrogen) atoms. The highest BCUT2D eigenvalue weighted by Crippen LogP contribution is 2.37. The Kier molecular flexibility index (Phi) is 3.31. The molecule has 1 unspecified atom stereocenters. The number of nitrogens with two attached hydrogens (primary N) is 1. The number of methoxy groups -OCH3 is 1. The van der Waals surface area contributed by atoms with Crippen molar-refractivity contribution in [3.05, 3.63) is 23.3 Å². The molecule has 0 bridgehead atoms. The first-order valence-corrected chi connectivity index (χ1v) is 5.48. The molecule has 0 radical (unpaired) electrons. The first-order chi connectivity index (χ1) is 7.77. The number of aliphatic hydroxyl groups excluding tert-OH is 1. The molecule has 0 saturated heterocycles. The fourth-order valence-electron chi connectivity index (χ4n) is 2.11. The van der Waals surface area contributed by atoms with E-state index in [-0.39, 0.29) is 6.54 Å². The molecule has 3 N–H and O–H groups in total. The van der Waals surface area contributed by atoms with Crippen LogP contribution in [0.1, 0.15) is 23.7 Å². The van der Waals surface area contributed by atoms with Gasteiger partial charge in [0, 0.05) is 17.7 Å². The highest BCUT2D eigenvalue weighted by Gasteiger charge is 2.22. The third kappa shape index (κ3) is 1.86. The molecule has 0 spiro atoms. The Morgan fingerprint density at radius 2 is 2.38 bits per heavy atom. The smallest absolute Gasteiger partial charge is 0.125 e. The highest BCUT2D eigenvalue weighted by atomic mass is 16.5. The average molecular weight is 223 g/mol. The number of aliphatic hydroxyl groups is 1. The van der Waals surface area contributed by atoms with Gasteiger partial charge in [-0.25, -0.2) is 0 Å². The summed E-state index contributed by atoms with van der Waals surface area (Å²) < 4.78 is 10.8. The van der Waals surface area contributed by atoms with Crippen LogP contribution in [0.25, 0.3) is 0 Å². The first-order valence-electron chi connectivity index (χ1n) is 5.48. The summed E-state index contributed by atoms with van der Waals surface area (Å²) in [6.07, 6.45) is 1.18. The number of fused-ring (bicyclic) bond motifs is 1. The summed E-state index contributed by atoms with van der Waals surface area (Å²) in [7, 11) is 1.60. The Balaban J connectivity index is 2.51. The zero-order chi connectivity index (χ0) is 11.5. The minimum Gasteiger partial charge on any atom is -0.496 e. The third-order valence-electron chi connectivity index (χ3n) is 2.88. The van der Waals surface area contributed by atoms with Crippen molar-refractivity contribution in [3.63, 3.8) is 0 Å². The Morgan fingerprint density at radius 3 is 3.06 bits per heavy atom. The summed E-state index contributed by atoms with van der Waals surface area (Å²) in [5.41, 5.74) is 7.33. The summed E-state index contributed by atoms with van der Waals surface area (Å²) in [5.74, 6) is 1.52. The Bertz CT molecular complexity index is 379. The monoisotopic (exact) mass is 223 g/mol. The van der Waals surface area contributed by atoms with Gasteiger partial charge in [0.15, 0.2) is 0 Å². The molecule has 4 nitrogen and oxygen atoms in total.